The molecule has 0 bridgehead atoms. The smallest absolute Gasteiger partial charge is 0.241 e. The van der Waals surface area contributed by atoms with Gasteiger partial charge in [0.1, 0.15) is 5.82 Å². The maximum atomic E-state index is 14.1. The second-order valence-electron chi connectivity index (χ2n) is 6.97. The highest BCUT2D eigenvalue weighted by molar-refractivity contribution is 6.04. The average Bonchev–Trinajstić information content (AvgIpc) is 2.77. The van der Waals surface area contributed by atoms with Gasteiger partial charge in [-0.05, 0) is 38.2 Å². The van der Waals surface area contributed by atoms with Crippen molar-refractivity contribution in [3.63, 3.8) is 0 Å². The Bertz CT molecular complexity index is 954. The van der Waals surface area contributed by atoms with E-state index in [1.54, 1.807) is 47.2 Å². The van der Waals surface area contributed by atoms with E-state index in [1.807, 2.05) is 19.1 Å². The number of nitrogens with zero attached hydrogens (tertiary/aromatic N) is 3. The van der Waals surface area contributed by atoms with Gasteiger partial charge in [0, 0.05) is 24.6 Å². The van der Waals surface area contributed by atoms with E-state index in [1.165, 1.54) is 6.07 Å². The molecule has 3 rings (SSSR count). The number of carbonyl (C=O) groups is 2. The monoisotopic (exact) mass is 380 g/mol. The Labute approximate surface area is 163 Å². The van der Waals surface area contributed by atoms with E-state index >= 15 is 0 Å². The predicted molar refractivity (Wildman–Crippen MR) is 104 cm³/mol. The van der Waals surface area contributed by atoms with Gasteiger partial charge in [0.15, 0.2) is 0 Å². The van der Waals surface area contributed by atoms with Gasteiger partial charge in [-0.2, -0.15) is 5.26 Å². The molecule has 1 atom stereocenters. The molecule has 2 amide bonds. The van der Waals surface area contributed by atoms with Crippen molar-refractivity contribution in [2.75, 3.05) is 23.8 Å². The summed E-state index contributed by atoms with van der Waals surface area (Å²) >= 11 is 0. The molecule has 0 spiro atoms. The van der Waals surface area contributed by atoms with E-state index in [4.69, 9.17) is 5.26 Å². The van der Waals surface area contributed by atoms with E-state index in [9.17, 15) is 14.0 Å². The van der Waals surface area contributed by atoms with Crippen LogP contribution < -0.4 is 10.2 Å². The van der Waals surface area contributed by atoms with Crippen molar-refractivity contribution < 1.29 is 14.0 Å². The summed E-state index contributed by atoms with van der Waals surface area (Å²) in [5.41, 5.74) is 1.93. The lowest BCUT2D eigenvalue weighted by molar-refractivity contribution is -0.120. The lowest BCUT2D eigenvalue weighted by Crippen LogP contribution is -2.44. The fourth-order valence-electron chi connectivity index (χ4n) is 3.37. The Kier molecular flexibility index (Phi) is 5.71. The minimum absolute atomic E-state index is 0.0618. The van der Waals surface area contributed by atoms with Gasteiger partial charge >= 0.3 is 0 Å². The predicted octanol–water partition coefficient (Wildman–Crippen LogP) is 2.89. The molecule has 0 radical (unpaired) electrons. The summed E-state index contributed by atoms with van der Waals surface area (Å²) < 4.78 is 14.1. The molecule has 1 aliphatic heterocycles. The SMILES string of the molecule is CC1CC(=O)Nc2ccccc2N1C(=O)CN(C)Cc1ccc(C#N)cc1F. The molecule has 0 saturated carbocycles. The zero-order valence-corrected chi connectivity index (χ0v) is 15.8. The van der Waals surface area contributed by atoms with Crippen LogP contribution in [0.15, 0.2) is 42.5 Å². The number of hydrogen-bond donors (Lipinski definition) is 1. The fraction of sp³-hybridized carbons (Fsp3) is 0.286. The maximum Gasteiger partial charge on any atom is 0.241 e. The normalized spacial score (nSPS) is 16.2. The van der Waals surface area contributed by atoms with E-state index in [2.05, 4.69) is 5.32 Å². The lowest BCUT2D eigenvalue weighted by atomic mass is 10.1. The molecule has 0 fully saturated rings. The number of benzene rings is 2. The van der Waals surface area contributed by atoms with E-state index in [-0.39, 0.29) is 42.9 Å². The number of halogens is 1. The highest BCUT2D eigenvalue weighted by atomic mass is 19.1. The van der Waals surface area contributed by atoms with Crippen LogP contribution in [0.2, 0.25) is 0 Å². The van der Waals surface area contributed by atoms with Crippen molar-refractivity contribution in [2.45, 2.75) is 25.9 Å². The van der Waals surface area contributed by atoms with E-state index in [0.717, 1.165) is 0 Å². The fourth-order valence-corrected chi connectivity index (χ4v) is 3.37. The first-order valence-corrected chi connectivity index (χ1v) is 8.97. The number of para-hydroxylation sites is 2. The molecule has 1 N–H and O–H groups in total. The molecular formula is C21H21FN4O2. The lowest BCUT2D eigenvalue weighted by Gasteiger charge is -2.29. The number of rotatable bonds is 4. The van der Waals surface area contributed by atoms with E-state index in [0.29, 0.717) is 16.9 Å². The molecule has 0 saturated heterocycles. The summed E-state index contributed by atoms with van der Waals surface area (Å²) in [5, 5.41) is 11.7. The first kappa shape index (κ1) is 19.5. The minimum Gasteiger partial charge on any atom is -0.324 e. The summed E-state index contributed by atoms with van der Waals surface area (Å²) in [6.07, 6.45) is 0.203. The highest BCUT2D eigenvalue weighted by Crippen LogP contribution is 2.31. The summed E-state index contributed by atoms with van der Waals surface area (Å²) in [6.45, 7) is 2.12. The van der Waals surface area contributed by atoms with Crippen molar-refractivity contribution in [3.05, 3.63) is 59.4 Å². The van der Waals surface area contributed by atoms with Crippen molar-refractivity contribution in [3.8, 4) is 6.07 Å². The maximum absolute atomic E-state index is 14.1. The number of anilines is 2. The van der Waals surface area contributed by atoms with Crippen LogP contribution in [0, 0.1) is 17.1 Å². The van der Waals surface area contributed by atoms with Gasteiger partial charge in [-0.15, -0.1) is 0 Å². The van der Waals surface area contributed by atoms with Crippen LogP contribution >= 0.6 is 0 Å². The van der Waals surface area contributed by atoms with E-state index < -0.39 is 5.82 Å². The second kappa shape index (κ2) is 8.19. The number of likely N-dealkylation sites (N-methyl/N-ethyl adjacent to an activating group) is 1. The van der Waals surface area contributed by atoms with Crippen molar-refractivity contribution in [1.29, 1.82) is 5.26 Å². The number of carbonyl (C=O) groups excluding carboxylic acids is 2. The molecule has 1 heterocycles. The third kappa shape index (κ3) is 4.18. The minimum atomic E-state index is -0.471. The third-order valence-corrected chi connectivity index (χ3v) is 4.66. The summed E-state index contributed by atoms with van der Waals surface area (Å²) in [7, 11) is 1.73. The average molecular weight is 380 g/mol. The molecule has 28 heavy (non-hydrogen) atoms. The second-order valence-corrected chi connectivity index (χ2v) is 6.97. The molecule has 1 unspecified atom stereocenters. The number of hydrogen-bond acceptors (Lipinski definition) is 4. The van der Waals surface area contributed by atoms with Gasteiger partial charge in [-0.1, -0.05) is 18.2 Å². The van der Waals surface area contributed by atoms with Crippen molar-refractivity contribution in [1.82, 2.24) is 4.90 Å². The van der Waals surface area contributed by atoms with Crippen LogP contribution in [0.4, 0.5) is 15.8 Å². The zero-order valence-electron chi connectivity index (χ0n) is 15.8. The van der Waals surface area contributed by atoms with Crippen molar-refractivity contribution in [2.24, 2.45) is 0 Å². The molecule has 2 aromatic rings. The van der Waals surface area contributed by atoms with Crippen LogP contribution in [0.5, 0.6) is 0 Å². The summed E-state index contributed by atoms with van der Waals surface area (Å²) in [5.74, 6) is -0.780. The molecular weight excluding hydrogens is 359 g/mol. The first-order valence-electron chi connectivity index (χ1n) is 8.97. The van der Waals surface area contributed by atoms with Crippen LogP contribution in [-0.2, 0) is 16.1 Å². The number of amides is 2. The van der Waals surface area contributed by atoms with Gasteiger partial charge in [0.2, 0.25) is 11.8 Å². The Morgan fingerprint density at radius 1 is 1.36 bits per heavy atom. The van der Waals surface area contributed by atoms with Crippen LogP contribution in [0.25, 0.3) is 0 Å². The quantitative estimate of drug-likeness (QED) is 0.885. The Morgan fingerprint density at radius 2 is 2.11 bits per heavy atom. The highest BCUT2D eigenvalue weighted by Gasteiger charge is 2.29. The van der Waals surface area contributed by atoms with Gasteiger partial charge in [-0.3, -0.25) is 14.5 Å². The van der Waals surface area contributed by atoms with Gasteiger partial charge in [0.25, 0.3) is 0 Å². The molecule has 144 valence electrons. The molecule has 6 nitrogen and oxygen atoms in total. The zero-order chi connectivity index (χ0) is 20.3. The van der Waals surface area contributed by atoms with Gasteiger partial charge < -0.3 is 10.2 Å². The molecule has 2 aromatic carbocycles. The number of nitrogens with one attached hydrogen (secondary N) is 1. The summed E-state index contributed by atoms with van der Waals surface area (Å²) in [6, 6.07) is 13.1. The molecule has 1 aliphatic rings. The number of nitriles is 1. The van der Waals surface area contributed by atoms with Gasteiger partial charge in [-0.25, -0.2) is 4.39 Å². The van der Waals surface area contributed by atoms with Crippen molar-refractivity contribution >= 4 is 23.2 Å². The Balaban J connectivity index is 1.76. The standard InChI is InChI=1S/C21H21FN4O2/c1-14-9-20(27)24-18-5-3-4-6-19(18)26(14)21(28)13-25(2)12-16-8-7-15(11-23)10-17(16)22/h3-8,10,14H,9,12-13H2,1-2H3,(H,24,27). The van der Waals surface area contributed by atoms with Gasteiger partial charge in [0.05, 0.1) is 29.6 Å². The topological polar surface area (TPSA) is 76.4 Å². The van der Waals surface area contributed by atoms with Crippen LogP contribution in [-0.4, -0.2) is 36.3 Å². The molecule has 7 heteroatoms. The Morgan fingerprint density at radius 3 is 2.82 bits per heavy atom. The summed E-state index contributed by atoms with van der Waals surface area (Å²) in [4.78, 5) is 28.4. The Hall–Kier alpha value is -3.24. The van der Waals surface area contributed by atoms with Crippen LogP contribution in [0.1, 0.15) is 24.5 Å². The van der Waals surface area contributed by atoms with Crippen LogP contribution in [0.3, 0.4) is 0 Å². The number of fused-ring (bicyclic) bond motifs is 1. The molecule has 0 aromatic heterocycles. The molecule has 0 aliphatic carbocycles. The first-order chi connectivity index (χ1) is 13.4. The largest absolute Gasteiger partial charge is 0.324 e. The third-order valence-electron chi connectivity index (χ3n) is 4.66.